The van der Waals surface area contributed by atoms with Crippen LogP contribution in [0.15, 0.2) is 17.5 Å². The van der Waals surface area contributed by atoms with Gasteiger partial charge in [-0.1, -0.05) is 13.8 Å². The summed E-state index contributed by atoms with van der Waals surface area (Å²) in [7, 11) is 0. The number of carbonyl (C=O) groups excluding carboxylic acids is 1. The zero-order chi connectivity index (χ0) is 15.8. The number of ether oxygens (including phenoxy) is 1. The second kappa shape index (κ2) is 8.59. The molecular weight excluding hydrogens is 290 g/mol. The highest BCUT2D eigenvalue weighted by atomic mass is 32.1. The highest BCUT2D eigenvalue weighted by Crippen LogP contribution is 2.17. The van der Waals surface area contributed by atoms with Gasteiger partial charge < -0.3 is 15.2 Å². The molecule has 1 rings (SSSR count). The summed E-state index contributed by atoms with van der Waals surface area (Å²) in [6.45, 7) is 7.06. The van der Waals surface area contributed by atoms with Crippen LogP contribution < -0.4 is 5.32 Å². The van der Waals surface area contributed by atoms with Crippen molar-refractivity contribution in [2.75, 3.05) is 13.2 Å². The Hall–Kier alpha value is -1.66. The summed E-state index contributed by atoms with van der Waals surface area (Å²) in [5.41, 5.74) is 0.534. The van der Waals surface area contributed by atoms with E-state index in [-0.39, 0.29) is 17.9 Å². The molecule has 1 heterocycles. The number of carboxylic acids is 1. The smallest absolute Gasteiger partial charge is 0.328 e. The van der Waals surface area contributed by atoms with Gasteiger partial charge in [0, 0.05) is 22.9 Å². The fraction of sp³-hybridized carbons (Fsp3) is 0.467. The lowest BCUT2D eigenvalue weighted by molar-refractivity contribution is -0.131. The zero-order valence-corrected chi connectivity index (χ0v) is 13.3. The van der Waals surface area contributed by atoms with Crippen molar-refractivity contribution in [1.29, 1.82) is 0 Å². The van der Waals surface area contributed by atoms with Crippen LogP contribution in [0.5, 0.6) is 0 Å². The molecule has 0 saturated heterocycles. The van der Waals surface area contributed by atoms with Crippen molar-refractivity contribution >= 4 is 29.3 Å². The van der Waals surface area contributed by atoms with Crippen LogP contribution in [-0.2, 0) is 9.53 Å². The van der Waals surface area contributed by atoms with E-state index in [0.717, 1.165) is 11.0 Å². The molecule has 0 aromatic carbocycles. The van der Waals surface area contributed by atoms with Crippen molar-refractivity contribution < 1.29 is 19.4 Å². The SMILES string of the molecule is CCOCC(NC(=O)c1csc(/C=C/C(=O)O)c1)C(C)C. The van der Waals surface area contributed by atoms with Gasteiger partial charge in [0.05, 0.1) is 18.2 Å². The lowest BCUT2D eigenvalue weighted by Crippen LogP contribution is -2.41. The molecule has 116 valence electrons. The fourth-order valence-electron chi connectivity index (χ4n) is 1.61. The summed E-state index contributed by atoms with van der Waals surface area (Å²) in [4.78, 5) is 23.4. The van der Waals surface area contributed by atoms with Crippen molar-refractivity contribution in [2.24, 2.45) is 5.92 Å². The molecule has 6 heteroatoms. The minimum atomic E-state index is -1.01. The highest BCUT2D eigenvalue weighted by molar-refractivity contribution is 7.11. The number of thiophene rings is 1. The van der Waals surface area contributed by atoms with E-state index in [0.29, 0.717) is 18.8 Å². The maximum Gasteiger partial charge on any atom is 0.328 e. The monoisotopic (exact) mass is 311 g/mol. The predicted molar refractivity (Wildman–Crippen MR) is 83.6 cm³/mol. The van der Waals surface area contributed by atoms with Crippen LogP contribution in [0.3, 0.4) is 0 Å². The third kappa shape index (κ3) is 6.10. The van der Waals surface area contributed by atoms with Crippen molar-refractivity contribution in [3.05, 3.63) is 28.0 Å². The van der Waals surface area contributed by atoms with Gasteiger partial charge in [0.25, 0.3) is 5.91 Å². The van der Waals surface area contributed by atoms with Crippen LogP contribution >= 0.6 is 11.3 Å². The molecule has 0 aliphatic rings. The summed E-state index contributed by atoms with van der Waals surface area (Å²) in [5, 5.41) is 13.2. The van der Waals surface area contributed by atoms with E-state index in [1.54, 1.807) is 11.4 Å². The molecule has 1 aromatic rings. The quantitative estimate of drug-likeness (QED) is 0.724. The molecule has 0 aliphatic carbocycles. The molecule has 1 atom stereocenters. The van der Waals surface area contributed by atoms with Gasteiger partial charge in [-0.2, -0.15) is 0 Å². The van der Waals surface area contributed by atoms with Crippen LogP contribution in [0, 0.1) is 5.92 Å². The highest BCUT2D eigenvalue weighted by Gasteiger charge is 2.18. The molecule has 1 aromatic heterocycles. The van der Waals surface area contributed by atoms with E-state index in [1.807, 2.05) is 20.8 Å². The van der Waals surface area contributed by atoms with E-state index >= 15 is 0 Å². The number of carbonyl (C=O) groups is 2. The standard InChI is InChI=1S/C15H21NO4S/c1-4-20-8-13(10(2)3)16-15(19)11-7-12(21-9-11)5-6-14(17)18/h5-7,9-10,13H,4,8H2,1-3H3,(H,16,19)(H,17,18)/b6-5+. The maximum absolute atomic E-state index is 12.2. The Morgan fingerprint density at radius 3 is 2.76 bits per heavy atom. The molecule has 1 unspecified atom stereocenters. The Morgan fingerprint density at radius 2 is 2.19 bits per heavy atom. The Balaban J connectivity index is 2.67. The molecule has 0 spiro atoms. The van der Waals surface area contributed by atoms with Crippen LogP contribution in [0.1, 0.15) is 36.0 Å². The van der Waals surface area contributed by atoms with E-state index in [1.165, 1.54) is 17.4 Å². The van der Waals surface area contributed by atoms with Gasteiger partial charge >= 0.3 is 5.97 Å². The minimum Gasteiger partial charge on any atom is -0.478 e. The second-order valence-corrected chi connectivity index (χ2v) is 5.84. The van der Waals surface area contributed by atoms with Gasteiger partial charge in [-0.25, -0.2) is 4.79 Å². The molecular formula is C15H21NO4S. The fourth-order valence-corrected chi connectivity index (χ4v) is 2.39. The summed E-state index contributed by atoms with van der Waals surface area (Å²) in [6.07, 6.45) is 2.53. The van der Waals surface area contributed by atoms with E-state index in [2.05, 4.69) is 5.32 Å². The molecule has 0 radical (unpaired) electrons. The van der Waals surface area contributed by atoms with Crippen molar-refractivity contribution in [3.8, 4) is 0 Å². The Kier molecular flexibility index (Phi) is 7.11. The number of hydrogen-bond acceptors (Lipinski definition) is 4. The summed E-state index contributed by atoms with van der Waals surface area (Å²) in [5.74, 6) is -0.906. The van der Waals surface area contributed by atoms with Gasteiger partial charge in [0.2, 0.25) is 0 Å². The molecule has 0 aliphatic heterocycles. The zero-order valence-electron chi connectivity index (χ0n) is 12.5. The maximum atomic E-state index is 12.2. The van der Waals surface area contributed by atoms with E-state index in [4.69, 9.17) is 9.84 Å². The molecule has 0 saturated carbocycles. The number of rotatable bonds is 8. The number of amides is 1. The topological polar surface area (TPSA) is 75.6 Å². The summed E-state index contributed by atoms with van der Waals surface area (Å²) < 4.78 is 5.38. The largest absolute Gasteiger partial charge is 0.478 e. The van der Waals surface area contributed by atoms with Crippen molar-refractivity contribution in [2.45, 2.75) is 26.8 Å². The van der Waals surface area contributed by atoms with Gasteiger partial charge in [-0.3, -0.25) is 4.79 Å². The summed E-state index contributed by atoms with van der Waals surface area (Å²) >= 11 is 1.33. The molecule has 0 fully saturated rings. The van der Waals surface area contributed by atoms with Gasteiger partial charge in [0.15, 0.2) is 0 Å². The first-order valence-electron chi connectivity index (χ1n) is 6.82. The normalized spacial score (nSPS) is 12.8. The van der Waals surface area contributed by atoms with Gasteiger partial charge in [-0.05, 0) is 25.0 Å². The third-order valence-electron chi connectivity index (χ3n) is 2.89. The van der Waals surface area contributed by atoms with Crippen molar-refractivity contribution in [3.63, 3.8) is 0 Å². The first-order valence-corrected chi connectivity index (χ1v) is 7.70. The minimum absolute atomic E-state index is 0.0460. The van der Waals surface area contributed by atoms with E-state index in [9.17, 15) is 9.59 Å². The number of aliphatic carboxylic acids is 1. The Bertz CT molecular complexity index is 508. The average molecular weight is 311 g/mol. The molecule has 1 amide bonds. The van der Waals surface area contributed by atoms with Gasteiger partial charge in [0.1, 0.15) is 0 Å². The predicted octanol–water partition coefficient (Wildman–Crippen LogP) is 2.64. The Labute approximate surface area is 128 Å². The third-order valence-corrected chi connectivity index (χ3v) is 3.79. The molecule has 0 bridgehead atoms. The van der Waals surface area contributed by atoms with Crippen LogP contribution in [0.25, 0.3) is 6.08 Å². The summed E-state index contributed by atoms with van der Waals surface area (Å²) in [6, 6.07) is 1.63. The molecule has 5 nitrogen and oxygen atoms in total. The van der Waals surface area contributed by atoms with Crippen LogP contribution in [0.4, 0.5) is 0 Å². The average Bonchev–Trinajstić information content (AvgIpc) is 2.89. The molecule has 2 N–H and O–H groups in total. The lowest BCUT2D eigenvalue weighted by Gasteiger charge is -2.21. The van der Waals surface area contributed by atoms with E-state index < -0.39 is 5.97 Å². The number of hydrogen-bond donors (Lipinski definition) is 2. The first kappa shape index (κ1) is 17.4. The lowest BCUT2D eigenvalue weighted by atomic mass is 10.1. The first-order chi connectivity index (χ1) is 9.93. The van der Waals surface area contributed by atoms with Gasteiger partial charge in [-0.15, -0.1) is 11.3 Å². The van der Waals surface area contributed by atoms with Crippen LogP contribution in [-0.4, -0.2) is 36.2 Å². The second-order valence-electron chi connectivity index (χ2n) is 4.89. The molecule has 21 heavy (non-hydrogen) atoms. The van der Waals surface area contributed by atoms with Crippen LogP contribution in [0.2, 0.25) is 0 Å². The number of carboxylic acid groups (broad SMARTS) is 1. The van der Waals surface area contributed by atoms with Crippen molar-refractivity contribution in [1.82, 2.24) is 5.32 Å². The Morgan fingerprint density at radius 1 is 1.48 bits per heavy atom. The number of nitrogens with one attached hydrogen (secondary N) is 1.